The molecular weight excluding hydrogens is 224 g/mol. The number of benzene rings is 1. The Morgan fingerprint density at radius 2 is 1.56 bits per heavy atom. The molecular formula is C15H18N2O. The molecule has 94 valence electrons. The van der Waals surface area contributed by atoms with E-state index in [0.717, 1.165) is 31.4 Å². The maximum Gasteiger partial charge on any atom is 0.344 e. The van der Waals surface area contributed by atoms with Gasteiger partial charge in [-0.25, -0.2) is 9.79 Å². The minimum atomic E-state index is -0.331. The third kappa shape index (κ3) is 1.57. The van der Waals surface area contributed by atoms with Crippen LogP contribution in [0.2, 0.25) is 0 Å². The van der Waals surface area contributed by atoms with Crippen LogP contribution in [0.15, 0.2) is 4.99 Å². The van der Waals surface area contributed by atoms with Crippen LogP contribution in [0.3, 0.4) is 0 Å². The number of nitrogens with one attached hydrogen (secondary N) is 1. The van der Waals surface area contributed by atoms with Gasteiger partial charge in [-0.1, -0.05) is 0 Å². The molecule has 3 rings (SSSR count). The summed E-state index contributed by atoms with van der Waals surface area (Å²) in [5.41, 5.74) is 8.16. The Morgan fingerprint density at radius 3 is 2.06 bits per heavy atom. The highest BCUT2D eigenvalue weighted by Crippen LogP contribution is 2.41. The summed E-state index contributed by atoms with van der Waals surface area (Å²) < 4.78 is 0. The smallest absolute Gasteiger partial charge is 0.306 e. The van der Waals surface area contributed by atoms with E-state index in [1.807, 2.05) is 0 Å². The van der Waals surface area contributed by atoms with Gasteiger partial charge in [-0.3, -0.25) is 0 Å². The van der Waals surface area contributed by atoms with E-state index >= 15 is 0 Å². The highest BCUT2D eigenvalue weighted by molar-refractivity contribution is 5.94. The first-order valence-electron chi connectivity index (χ1n) is 6.66. The average molecular weight is 242 g/mol. The molecule has 0 aromatic heterocycles. The number of urea groups is 1. The van der Waals surface area contributed by atoms with E-state index in [2.05, 4.69) is 24.0 Å². The Morgan fingerprint density at radius 1 is 1.06 bits per heavy atom. The van der Waals surface area contributed by atoms with Crippen LogP contribution in [-0.4, -0.2) is 12.7 Å². The topological polar surface area (TPSA) is 41.5 Å². The predicted octanol–water partition coefficient (Wildman–Crippen LogP) is 3.20. The number of rotatable bonds is 1. The van der Waals surface area contributed by atoms with Gasteiger partial charge in [-0.05, 0) is 80.0 Å². The normalized spacial score (nSPS) is 16.3. The van der Waals surface area contributed by atoms with Gasteiger partial charge < -0.3 is 5.32 Å². The molecule has 0 saturated carbocycles. The maximum absolute atomic E-state index is 11.5. The molecule has 0 aliphatic heterocycles. The van der Waals surface area contributed by atoms with E-state index in [1.54, 1.807) is 0 Å². The van der Waals surface area contributed by atoms with Crippen LogP contribution >= 0.6 is 0 Å². The Bertz CT molecular complexity index is 511. The molecule has 0 spiro atoms. The van der Waals surface area contributed by atoms with Gasteiger partial charge in [-0.15, -0.1) is 0 Å². The first kappa shape index (κ1) is 11.5. The molecule has 0 atom stereocenters. The molecule has 0 heterocycles. The first-order valence-corrected chi connectivity index (χ1v) is 6.66. The standard InChI is InChI=1S/C15H18N2O/c1-9-10-5-3-7-12(10)14(17-15(18)16-2)13-8-4-6-11(9)13/h2-8H2,1H3,(H,17,18). The molecule has 0 saturated heterocycles. The lowest BCUT2D eigenvalue weighted by atomic mass is 9.93. The molecule has 3 heteroatoms. The van der Waals surface area contributed by atoms with Crippen molar-refractivity contribution in [2.75, 3.05) is 5.32 Å². The summed E-state index contributed by atoms with van der Waals surface area (Å²) >= 11 is 0. The number of hydrogen-bond donors (Lipinski definition) is 1. The molecule has 0 bridgehead atoms. The second-order valence-corrected chi connectivity index (χ2v) is 5.21. The molecule has 3 nitrogen and oxygen atoms in total. The number of hydrogen-bond acceptors (Lipinski definition) is 1. The summed E-state index contributed by atoms with van der Waals surface area (Å²) in [6, 6.07) is -0.331. The molecule has 18 heavy (non-hydrogen) atoms. The molecule has 0 radical (unpaired) electrons. The van der Waals surface area contributed by atoms with Crippen molar-refractivity contribution in [3.63, 3.8) is 0 Å². The number of nitrogens with zero attached hydrogens (tertiary/aromatic N) is 1. The molecule has 0 fully saturated rings. The van der Waals surface area contributed by atoms with E-state index in [-0.39, 0.29) is 6.03 Å². The monoisotopic (exact) mass is 242 g/mol. The minimum absolute atomic E-state index is 0.331. The van der Waals surface area contributed by atoms with Crippen LogP contribution in [0.25, 0.3) is 0 Å². The number of aliphatic imine (C=N–C) groups is 1. The molecule has 0 unspecified atom stereocenters. The van der Waals surface area contributed by atoms with Crippen molar-refractivity contribution in [1.29, 1.82) is 0 Å². The Balaban J connectivity index is 2.17. The van der Waals surface area contributed by atoms with E-state index < -0.39 is 0 Å². The summed E-state index contributed by atoms with van der Waals surface area (Å²) in [7, 11) is 0. The molecule has 1 aromatic carbocycles. The SMILES string of the molecule is C=NC(=O)Nc1c2c(c(C)c3c1CCC3)CCC2. The van der Waals surface area contributed by atoms with Crippen molar-refractivity contribution < 1.29 is 4.79 Å². The van der Waals surface area contributed by atoms with Gasteiger partial charge >= 0.3 is 6.03 Å². The fraction of sp³-hybridized carbons (Fsp3) is 0.467. The van der Waals surface area contributed by atoms with Crippen molar-refractivity contribution in [2.24, 2.45) is 4.99 Å². The van der Waals surface area contributed by atoms with E-state index in [0.29, 0.717) is 0 Å². The molecule has 1 N–H and O–H groups in total. The summed E-state index contributed by atoms with van der Waals surface area (Å²) in [6.45, 7) is 5.54. The average Bonchev–Trinajstić information content (AvgIpc) is 3.02. The molecule has 2 aliphatic rings. The highest BCUT2D eigenvalue weighted by atomic mass is 16.2. The van der Waals surface area contributed by atoms with E-state index in [4.69, 9.17) is 0 Å². The lowest BCUT2D eigenvalue weighted by molar-refractivity contribution is 0.259. The van der Waals surface area contributed by atoms with Crippen LogP contribution in [0.5, 0.6) is 0 Å². The van der Waals surface area contributed by atoms with Gasteiger partial charge in [0.05, 0.1) is 0 Å². The number of carbonyl (C=O) groups excluding carboxylic acids is 1. The van der Waals surface area contributed by atoms with Crippen LogP contribution in [-0.2, 0) is 25.7 Å². The van der Waals surface area contributed by atoms with Gasteiger partial charge in [0.25, 0.3) is 0 Å². The second-order valence-electron chi connectivity index (χ2n) is 5.21. The minimum Gasteiger partial charge on any atom is -0.306 e. The Hall–Kier alpha value is -1.64. The Labute approximate surface area is 107 Å². The quantitative estimate of drug-likeness (QED) is 0.755. The summed E-state index contributed by atoms with van der Waals surface area (Å²) in [6.07, 6.45) is 6.86. The fourth-order valence-corrected chi connectivity index (χ4v) is 3.53. The van der Waals surface area contributed by atoms with Crippen LogP contribution < -0.4 is 5.32 Å². The van der Waals surface area contributed by atoms with Gasteiger partial charge in [-0.2, -0.15) is 0 Å². The predicted molar refractivity (Wildman–Crippen MR) is 73.8 cm³/mol. The van der Waals surface area contributed by atoms with E-state index in [9.17, 15) is 4.79 Å². The van der Waals surface area contributed by atoms with Gasteiger partial charge in [0, 0.05) is 5.69 Å². The lowest BCUT2D eigenvalue weighted by Gasteiger charge is -2.17. The number of amides is 2. The van der Waals surface area contributed by atoms with Crippen molar-refractivity contribution in [3.05, 3.63) is 27.8 Å². The zero-order valence-electron chi connectivity index (χ0n) is 10.8. The second kappa shape index (κ2) is 4.23. The number of carbonyl (C=O) groups is 1. The molecule has 2 amide bonds. The van der Waals surface area contributed by atoms with Gasteiger partial charge in [0.2, 0.25) is 0 Å². The fourth-order valence-electron chi connectivity index (χ4n) is 3.53. The Kier molecular flexibility index (Phi) is 2.69. The van der Waals surface area contributed by atoms with Crippen molar-refractivity contribution in [2.45, 2.75) is 45.4 Å². The molecule has 1 aromatic rings. The van der Waals surface area contributed by atoms with Crippen molar-refractivity contribution in [3.8, 4) is 0 Å². The van der Waals surface area contributed by atoms with Crippen LogP contribution in [0.4, 0.5) is 10.5 Å². The van der Waals surface area contributed by atoms with Crippen LogP contribution in [0.1, 0.15) is 40.7 Å². The van der Waals surface area contributed by atoms with Crippen molar-refractivity contribution in [1.82, 2.24) is 0 Å². The summed E-state index contributed by atoms with van der Waals surface area (Å²) in [5, 5.41) is 2.95. The third-order valence-corrected chi connectivity index (χ3v) is 4.32. The maximum atomic E-state index is 11.5. The molecule has 2 aliphatic carbocycles. The lowest BCUT2D eigenvalue weighted by Crippen LogP contribution is -2.11. The largest absolute Gasteiger partial charge is 0.344 e. The number of fused-ring (bicyclic) bond motifs is 2. The third-order valence-electron chi connectivity index (χ3n) is 4.32. The number of anilines is 1. The summed E-state index contributed by atoms with van der Waals surface area (Å²) in [5.74, 6) is 0. The van der Waals surface area contributed by atoms with Crippen LogP contribution in [0, 0.1) is 6.92 Å². The summed E-state index contributed by atoms with van der Waals surface area (Å²) in [4.78, 5) is 15.0. The van der Waals surface area contributed by atoms with E-state index in [1.165, 1.54) is 40.7 Å². The first-order chi connectivity index (χ1) is 8.72. The van der Waals surface area contributed by atoms with Gasteiger partial charge in [0.15, 0.2) is 0 Å². The van der Waals surface area contributed by atoms with Crippen molar-refractivity contribution >= 4 is 18.4 Å². The zero-order valence-corrected chi connectivity index (χ0v) is 10.8. The zero-order chi connectivity index (χ0) is 12.7. The van der Waals surface area contributed by atoms with Gasteiger partial charge in [0.1, 0.15) is 0 Å². The highest BCUT2D eigenvalue weighted by Gasteiger charge is 2.27.